The zero-order chi connectivity index (χ0) is 39.8. The molecule has 12 nitrogen and oxygen atoms in total. The molecule has 52 heavy (non-hydrogen) atoms. The number of hydrogen-bond acceptors (Lipinski definition) is 11. The number of carbonyl (C=O) groups excluding carboxylic acids is 3. The molecule has 0 bridgehead atoms. The number of carbonyl (C=O) groups is 3. The number of unbranched alkanes of at least 4 members (excludes halogenated alkanes) is 1. The molecule has 1 saturated heterocycles. The summed E-state index contributed by atoms with van der Waals surface area (Å²) in [6, 6.07) is 0. The number of oxime groups is 1. The normalized spacial score (nSPS) is 30.4. The molecule has 11 atom stereocenters. The number of aliphatic hydroxyl groups is 2. The van der Waals surface area contributed by atoms with Crippen molar-refractivity contribution in [2.24, 2.45) is 52.3 Å². The highest BCUT2D eigenvalue weighted by Gasteiger charge is 2.45. The molecule has 0 aliphatic carbocycles. The van der Waals surface area contributed by atoms with Gasteiger partial charge >= 0.3 is 12.1 Å². The van der Waals surface area contributed by atoms with E-state index in [1.54, 1.807) is 34.6 Å². The molecule has 1 fully saturated rings. The Labute approximate surface area is 314 Å². The summed E-state index contributed by atoms with van der Waals surface area (Å²) in [5.41, 5.74) is 4.44. The highest BCUT2D eigenvalue weighted by Crippen LogP contribution is 2.39. The number of nitrogens with zero attached hydrogens (tertiary/aromatic N) is 1. The lowest BCUT2D eigenvalue weighted by atomic mass is 9.70. The van der Waals surface area contributed by atoms with Crippen LogP contribution in [-0.2, 0) is 28.6 Å². The number of nitrogens with one attached hydrogen (secondary N) is 1. The largest absolute Gasteiger partial charge is 0.462 e. The molecule has 1 heterocycles. The average molecular weight is 742 g/mol. The van der Waals surface area contributed by atoms with Crippen molar-refractivity contribution in [3.8, 4) is 0 Å². The van der Waals surface area contributed by atoms with Crippen LogP contribution < -0.4 is 11.1 Å². The molecule has 0 saturated carbocycles. The van der Waals surface area contributed by atoms with Crippen molar-refractivity contribution in [3.63, 3.8) is 0 Å². The number of rotatable bonds is 17. The number of ketones is 1. The first-order valence-corrected chi connectivity index (χ1v) is 19.6. The van der Waals surface area contributed by atoms with E-state index in [0.29, 0.717) is 45.3 Å². The Morgan fingerprint density at radius 1 is 1.02 bits per heavy atom. The molecule has 12 heteroatoms. The standard InChI is InChI=1S/C40H75N3O9/c1-25-19-28(4)37(47)51-35(30(6)23-50-18-14-13-15-31(7)44)26(2)20-27(3)36(46)40(11,52-38(48)42-39(9,10)24-41)22-29(5)34(25)17-16-33(43-49-12)21-32(8)45/h25-32,34-35,44-45H,13-24,41H2,1-12H3,(H,42,48)/b43-33+/t25-,26+,27?,28?,29-,30+,31?,32?,34+,35?,40-/m0/s1. The van der Waals surface area contributed by atoms with Crippen LogP contribution in [0.15, 0.2) is 5.16 Å². The number of cyclic esters (lactones) is 1. The second-order valence-corrected chi connectivity index (χ2v) is 17.0. The Kier molecular flexibility index (Phi) is 21.0. The summed E-state index contributed by atoms with van der Waals surface area (Å²) in [6.45, 7) is 21.9. The maximum atomic E-state index is 14.5. The third-order valence-electron chi connectivity index (χ3n) is 10.7. The fourth-order valence-corrected chi connectivity index (χ4v) is 7.83. The molecule has 0 radical (unpaired) electrons. The Morgan fingerprint density at radius 2 is 1.65 bits per heavy atom. The fraction of sp³-hybridized carbons (Fsp3) is 0.900. The molecule has 1 amide bonds. The summed E-state index contributed by atoms with van der Waals surface area (Å²) in [5, 5.41) is 26.7. The Morgan fingerprint density at radius 3 is 2.23 bits per heavy atom. The van der Waals surface area contributed by atoms with Crippen LogP contribution in [0.2, 0.25) is 0 Å². The number of alkyl carbamates (subject to hydrolysis) is 1. The first-order valence-electron chi connectivity index (χ1n) is 19.6. The zero-order valence-corrected chi connectivity index (χ0v) is 34.5. The lowest BCUT2D eigenvalue weighted by Gasteiger charge is -2.39. The van der Waals surface area contributed by atoms with Crippen molar-refractivity contribution >= 4 is 23.6 Å². The molecule has 1 rings (SSSR count). The van der Waals surface area contributed by atoms with E-state index in [1.165, 1.54) is 7.11 Å². The van der Waals surface area contributed by atoms with E-state index >= 15 is 0 Å². The van der Waals surface area contributed by atoms with Crippen LogP contribution in [0.1, 0.15) is 134 Å². The zero-order valence-electron chi connectivity index (χ0n) is 34.5. The first-order chi connectivity index (χ1) is 24.2. The molecule has 5 N–H and O–H groups in total. The predicted octanol–water partition coefficient (Wildman–Crippen LogP) is 6.43. The maximum Gasteiger partial charge on any atom is 0.408 e. The molecular formula is C40H75N3O9. The van der Waals surface area contributed by atoms with Gasteiger partial charge in [0.05, 0.1) is 30.4 Å². The smallest absolute Gasteiger partial charge is 0.408 e. The van der Waals surface area contributed by atoms with Gasteiger partial charge in [0.25, 0.3) is 0 Å². The minimum atomic E-state index is -1.45. The summed E-state index contributed by atoms with van der Waals surface area (Å²) in [5.74, 6) is -1.75. The van der Waals surface area contributed by atoms with Crippen molar-refractivity contribution in [2.45, 2.75) is 163 Å². The minimum Gasteiger partial charge on any atom is -0.462 e. The van der Waals surface area contributed by atoms with E-state index in [0.717, 1.165) is 25.0 Å². The SMILES string of the molecule is CO/N=C(\CC[C@@H]1[C@@H](C)CC(C)C(=O)OC([C@H](C)COCCCCC(C)O)[C@H](C)CC(C)C(=O)[C@@](C)(OC(=O)NC(C)(C)CN)C[C@@H]1C)CC(C)O. The number of ether oxygens (including phenoxy) is 3. The van der Waals surface area contributed by atoms with Gasteiger partial charge in [-0.15, -0.1) is 0 Å². The van der Waals surface area contributed by atoms with E-state index in [4.69, 9.17) is 24.8 Å². The minimum absolute atomic E-state index is 0.000291. The highest BCUT2D eigenvalue weighted by atomic mass is 16.6. The van der Waals surface area contributed by atoms with Gasteiger partial charge in [0.1, 0.15) is 13.2 Å². The maximum absolute atomic E-state index is 14.5. The molecule has 0 aromatic heterocycles. The van der Waals surface area contributed by atoms with Crippen LogP contribution in [0, 0.1) is 41.4 Å². The van der Waals surface area contributed by atoms with Gasteiger partial charge in [-0.05, 0) is 110 Å². The quantitative estimate of drug-likeness (QED) is 0.0562. The number of amides is 1. The van der Waals surface area contributed by atoms with E-state index < -0.39 is 35.4 Å². The highest BCUT2D eigenvalue weighted by molar-refractivity contribution is 5.91. The van der Waals surface area contributed by atoms with Gasteiger partial charge in [-0.25, -0.2) is 4.79 Å². The number of aliphatic hydroxyl groups excluding tert-OH is 2. The number of esters is 1. The van der Waals surface area contributed by atoms with Gasteiger partial charge in [0.15, 0.2) is 11.4 Å². The van der Waals surface area contributed by atoms with Crippen LogP contribution >= 0.6 is 0 Å². The molecular weight excluding hydrogens is 666 g/mol. The van der Waals surface area contributed by atoms with Gasteiger partial charge in [0, 0.05) is 36.9 Å². The molecule has 1 aliphatic rings. The summed E-state index contributed by atoms with van der Waals surface area (Å²) >= 11 is 0. The molecule has 1 aliphatic heterocycles. The number of hydrogen-bond donors (Lipinski definition) is 4. The summed E-state index contributed by atoms with van der Waals surface area (Å²) in [4.78, 5) is 46.7. The first kappa shape index (κ1) is 47.7. The third kappa shape index (κ3) is 16.8. The van der Waals surface area contributed by atoms with Crippen LogP contribution in [0.4, 0.5) is 4.79 Å². The van der Waals surface area contributed by atoms with Crippen molar-refractivity contribution in [1.29, 1.82) is 0 Å². The van der Waals surface area contributed by atoms with Crippen molar-refractivity contribution in [3.05, 3.63) is 0 Å². The summed E-state index contributed by atoms with van der Waals surface area (Å²) in [7, 11) is 1.48. The summed E-state index contributed by atoms with van der Waals surface area (Å²) in [6.07, 6.45) is 3.12. The van der Waals surface area contributed by atoms with Crippen LogP contribution in [-0.4, -0.2) is 90.1 Å². The average Bonchev–Trinajstić information content (AvgIpc) is 3.03. The number of Topliss-reactive ketones (excluding diaryl/α,β-unsaturated/α-hetero) is 1. The van der Waals surface area contributed by atoms with E-state index in [-0.39, 0.29) is 66.3 Å². The van der Waals surface area contributed by atoms with E-state index in [2.05, 4.69) is 24.3 Å². The molecule has 0 aromatic rings. The van der Waals surface area contributed by atoms with Gasteiger partial charge in [-0.2, -0.15) is 0 Å². The van der Waals surface area contributed by atoms with Crippen molar-refractivity contribution in [1.82, 2.24) is 5.32 Å². The molecule has 304 valence electrons. The van der Waals surface area contributed by atoms with Gasteiger partial charge in [-0.1, -0.05) is 46.7 Å². The van der Waals surface area contributed by atoms with E-state index in [1.807, 2.05) is 27.7 Å². The predicted molar refractivity (Wildman–Crippen MR) is 205 cm³/mol. The molecule has 0 spiro atoms. The van der Waals surface area contributed by atoms with Crippen LogP contribution in [0.3, 0.4) is 0 Å². The van der Waals surface area contributed by atoms with Crippen molar-refractivity contribution < 1.29 is 43.6 Å². The fourth-order valence-electron chi connectivity index (χ4n) is 7.83. The summed E-state index contributed by atoms with van der Waals surface area (Å²) < 4.78 is 18.4. The lowest BCUT2D eigenvalue weighted by Crippen LogP contribution is -2.53. The lowest BCUT2D eigenvalue weighted by molar-refractivity contribution is -0.162. The van der Waals surface area contributed by atoms with Gasteiger partial charge < -0.3 is 40.3 Å². The number of nitrogens with two attached hydrogens (primary N) is 1. The van der Waals surface area contributed by atoms with Crippen LogP contribution in [0.5, 0.6) is 0 Å². The van der Waals surface area contributed by atoms with Gasteiger partial charge in [0.2, 0.25) is 0 Å². The monoisotopic (exact) mass is 742 g/mol. The molecule has 5 unspecified atom stereocenters. The van der Waals surface area contributed by atoms with Crippen molar-refractivity contribution in [2.75, 3.05) is 26.9 Å². The third-order valence-corrected chi connectivity index (χ3v) is 10.7. The second kappa shape index (κ2) is 22.8. The second-order valence-electron chi connectivity index (χ2n) is 17.0. The van der Waals surface area contributed by atoms with Crippen LogP contribution in [0.25, 0.3) is 0 Å². The Balaban J connectivity index is 3.54. The Hall–Kier alpha value is -2.28. The topological polar surface area (TPSA) is 179 Å². The molecule has 0 aromatic carbocycles. The Bertz CT molecular complexity index is 1110. The van der Waals surface area contributed by atoms with E-state index in [9.17, 15) is 24.6 Å². The van der Waals surface area contributed by atoms with Gasteiger partial charge in [-0.3, -0.25) is 9.59 Å².